The van der Waals surface area contributed by atoms with Crippen LogP contribution >= 0.6 is 0 Å². The minimum Gasteiger partial charge on any atom is -0.490 e. The number of carbonyl (C=O) groups is 1. The van der Waals surface area contributed by atoms with Crippen molar-refractivity contribution < 1.29 is 17.9 Å². The van der Waals surface area contributed by atoms with Gasteiger partial charge in [-0.3, -0.25) is 9.52 Å². The molecule has 36 heavy (non-hydrogen) atoms. The number of hydrogen-bond donors (Lipinski definition) is 4. The molecule has 2 aliphatic rings. The van der Waals surface area contributed by atoms with E-state index in [-0.39, 0.29) is 24.0 Å². The number of ether oxygens (including phenoxy) is 1. The topological polar surface area (TPSA) is 164 Å². The van der Waals surface area contributed by atoms with Gasteiger partial charge in [0.15, 0.2) is 11.7 Å². The molecular weight excluding hydrogens is 484 g/mol. The van der Waals surface area contributed by atoms with Crippen LogP contribution in [0.3, 0.4) is 0 Å². The van der Waals surface area contributed by atoms with Gasteiger partial charge < -0.3 is 26.0 Å². The Balaban J connectivity index is 1.29. The average molecular weight is 509 g/mol. The van der Waals surface area contributed by atoms with E-state index < -0.39 is 15.7 Å². The minimum atomic E-state index is -3.89. The maximum atomic E-state index is 13.1. The molecule has 5 rings (SSSR count). The standard InChI is InChI=1S/C23H24N8O4S/c1-23(2,12-35-17-7-3-5-15-19(17)20(24)30-36(33,34)29-15)28-22(32)14-8-10-25-18(11-14)31-13-27-21-16(31)6-4-9-26-21/h3-11,29H,12-13H2,1-2H3,(H2,24,30)(H,26,27)(H,28,32). The van der Waals surface area contributed by atoms with Gasteiger partial charge in [0.1, 0.15) is 18.2 Å². The molecule has 0 radical (unpaired) electrons. The van der Waals surface area contributed by atoms with Gasteiger partial charge in [0.05, 0.1) is 29.1 Å². The molecule has 13 heteroatoms. The maximum absolute atomic E-state index is 13.1. The van der Waals surface area contributed by atoms with Crippen molar-refractivity contribution in [2.24, 2.45) is 10.1 Å². The highest BCUT2D eigenvalue weighted by Gasteiger charge is 2.28. The number of nitrogens with two attached hydrogens (primary N) is 1. The smallest absolute Gasteiger partial charge is 0.344 e. The Labute approximate surface area is 207 Å². The number of rotatable bonds is 6. The Kier molecular flexibility index (Phi) is 5.63. The van der Waals surface area contributed by atoms with Crippen LogP contribution in [0.25, 0.3) is 0 Å². The van der Waals surface area contributed by atoms with Crippen molar-refractivity contribution >= 4 is 45.0 Å². The van der Waals surface area contributed by atoms with Gasteiger partial charge >= 0.3 is 10.2 Å². The van der Waals surface area contributed by atoms with Crippen LogP contribution in [0, 0.1) is 0 Å². The van der Waals surface area contributed by atoms with E-state index >= 15 is 0 Å². The highest BCUT2D eigenvalue weighted by atomic mass is 32.2. The molecule has 3 aromatic rings. The normalized spacial score (nSPS) is 15.6. The molecule has 12 nitrogen and oxygen atoms in total. The van der Waals surface area contributed by atoms with Crippen LogP contribution < -0.4 is 30.7 Å². The van der Waals surface area contributed by atoms with E-state index in [2.05, 4.69) is 29.7 Å². The highest BCUT2D eigenvalue weighted by Crippen LogP contribution is 2.34. The fourth-order valence-corrected chi connectivity index (χ4v) is 4.76. The third-order valence-corrected chi connectivity index (χ3v) is 6.46. The molecule has 0 saturated heterocycles. The van der Waals surface area contributed by atoms with Crippen LogP contribution in [-0.2, 0) is 10.2 Å². The van der Waals surface area contributed by atoms with E-state index in [0.717, 1.165) is 11.5 Å². The fraction of sp³-hybridized carbons (Fsp3) is 0.217. The summed E-state index contributed by atoms with van der Waals surface area (Å²) in [6.07, 6.45) is 3.29. The summed E-state index contributed by atoms with van der Waals surface area (Å²) in [6, 6.07) is 12.0. The summed E-state index contributed by atoms with van der Waals surface area (Å²) in [5, 5.41) is 6.17. The van der Waals surface area contributed by atoms with Gasteiger partial charge in [-0.2, -0.15) is 8.42 Å². The van der Waals surface area contributed by atoms with Crippen molar-refractivity contribution in [3.8, 4) is 5.75 Å². The SMILES string of the molecule is CC(C)(COc1cccc2c1C(N)=NS(=O)(=O)N2)NC(=O)c1ccnc(N2CNc3ncccc32)c1. The van der Waals surface area contributed by atoms with Gasteiger partial charge in [-0.25, -0.2) is 9.97 Å². The van der Waals surface area contributed by atoms with Crippen LogP contribution in [0.1, 0.15) is 29.8 Å². The Hall–Kier alpha value is -4.39. The van der Waals surface area contributed by atoms with Gasteiger partial charge in [-0.15, -0.1) is 4.40 Å². The van der Waals surface area contributed by atoms with E-state index in [0.29, 0.717) is 29.4 Å². The highest BCUT2D eigenvalue weighted by molar-refractivity contribution is 7.91. The summed E-state index contributed by atoms with van der Waals surface area (Å²) in [4.78, 5) is 23.7. The van der Waals surface area contributed by atoms with Crippen molar-refractivity contribution in [2.75, 3.05) is 28.2 Å². The van der Waals surface area contributed by atoms with E-state index in [1.165, 1.54) is 0 Å². The third-order valence-electron chi connectivity index (χ3n) is 5.55. The number of nitrogens with one attached hydrogen (secondary N) is 3. The predicted octanol–water partition coefficient (Wildman–Crippen LogP) is 1.96. The van der Waals surface area contributed by atoms with Crippen LogP contribution in [-0.4, -0.2) is 48.9 Å². The Morgan fingerprint density at radius 3 is 2.86 bits per heavy atom. The molecule has 0 atom stereocenters. The molecule has 0 unspecified atom stereocenters. The Morgan fingerprint density at radius 2 is 2.03 bits per heavy atom. The second kappa shape index (κ2) is 8.68. The molecular formula is C23H24N8O4S. The number of hydrogen-bond acceptors (Lipinski definition) is 9. The number of pyridine rings is 2. The van der Waals surface area contributed by atoms with E-state index in [4.69, 9.17) is 10.5 Å². The maximum Gasteiger partial charge on any atom is 0.344 e. The minimum absolute atomic E-state index is 0.0856. The van der Waals surface area contributed by atoms with Crippen molar-refractivity contribution in [1.29, 1.82) is 0 Å². The monoisotopic (exact) mass is 508 g/mol. The second-order valence-corrected chi connectivity index (χ2v) is 10.2. The first-order valence-corrected chi connectivity index (χ1v) is 12.5. The fourth-order valence-electron chi connectivity index (χ4n) is 3.91. The van der Waals surface area contributed by atoms with Crippen LogP contribution in [0.15, 0.2) is 59.3 Å². The lowest BCUT2D eigenvalue weighted by Gasteiger charge is -2.28. The molecule has 186 valence electrons. The van der Waals surface area contributed by atoms with E-state index in [9.17, 15) is 13.2 Å². The molecule has 0 aliphatic carbocycles. The summed E-state index contributed by atoms with van der Waals surface area (Å²) in [7, 11) is -3.89. The molecule has 5 N–H and O–H groups in total. The lowest BCUT2D eigenvalue weighted by Crippen LogP contribution is -2.48. The zero-order valence-corrected chi connectivity index (χ0v) is 20.3. The summed E-state index contributed by atoms with van der Waals surface area (Å²) in [5.74, 6) is 1.25. The number of amides is 1. The largest absolute Gasteiger partial charge is 0.490 e. The lowest BCUT2D eigenvalue weighted by molar-refractivity contribution is 0.0880. The predicted molar refractivity (Wildman–Crippen MR) is 136 cm³/mol. The molecule has 2 aromatic heterocycles. The van der Waals surface area contributed by atoms with Crippen molar-refractivity contribution in [3.05, 3.63) is 66.0 Å². The van der Waals surface area contributed by atoms with Crippen molar-refractivity contribution in [3.63, 3.8) is 0 Å². The van der Waals surface area contributed by atoms with Gasteiger partial charge in [0.2, 0.25) is 0 Å². The molecule has 0 bridgehead atoms. The first-order chi connectivity index (χ1) is 17.1. The molecule has 1 aromatic carbocycles. The number of amidine groups is 1. The average Bonchev–Trinajstić information content (AvgIpc) is 3.26. The quantitative estimate of drug-likeness (QED) is 0.390. The lowest BCUT2D eigenvalue weighted by atomic mass is 10.1. The van der Waals surface area contributed by atoms with Crippen LogP contribution in [0.4, 0.5) is 23.0 Å². The van der Waals surface area contributed by atoms with E-state index in [1.807, 2.05) is 30.9 Å². The number of benzene rings is 1. The number of fused-ring (bicyclic) bond motifs is 2. The number of aromatic nitrogens is 2. The van der Waals surface area contributed by atoms with Gasteiger partial charge in [-0.05, 0) is 50.2 Å². The first kappa shape index (κ1) is 23.4. The molecule has 0 spiro atoms. The molecule has 4 heterocycles. The Morgan fingerprint density at radius 1 is 1.19 bits per heavy atom. The van der Waals surface area contributed by atoms with Gasteiger partial charge in [0.25, 0.3) is 5.91 Å². The van der Waals surface area contributed by atoms with Crippen molar-refractivity contribution in [1.82, 2.24) is 15.3 Å². The number of nitrogens with zero attached hydrogens (tertiary/aromatic N) is 4. The molecule has 0 fully saturated rings. The Bertz CT molecular complexity index is 1490. The molecule has 1 amide bonds. The molecule has 0 saturated carbocycles. The summed E-state index contributed by atoms with van der Waals surface area (Å²) < 4.78 is 35.4. The van der Waals surface area contributed by atoms with E-state index in [1.54, 1.807) is 42.7 Å². The second-order valence-electron chi connectivity index (χ2n) is 8.90. The number of anilines is 4. The zero-order valence-electron chi connectivity index (χ0n) is 19.5. The third kappa shape index (κ3) is 4.60. The number of carbonyl (C=O) groups excluding carboxylic acids is 1. The van der Waals surface area contributed by atoms with Crippen LogP contribution in [0.5, 0.6) is 5.75 Å². The van der Waals surface area contributed by atoms with Crippen LogP contribution in [0.2, 0.25) is 0 Å². The van der Waals surface area contributed by atoms with Gasteiger partial charge in [0, 0.05) is 18.0 Å². The molecule has 2 aliphatic heterocycles. The van der Waals surface area contributed by atoms with Crippen molar-refractivity contribution in [2.45, 2.75) is 19.4 Å². The first-order valence-electron chi connectivity index (χ1n) is 11.0. The summed E-state index contributed by atoms with van der Waals surface area (Å²) >= 11 is 0. The summed E-state index contributed by atoms with van der Waals surface area (Å²) in [5.41, 5.74) is 7.04. The van der Waals surface area contributed by atoms with Gasteiger partial charge in [-0.1, -0.05) is 6.07 Å². The summed E-state index contributed by atoms with van der Waals surface area (Å²) in [6.45, 7) is 4.21. The zero-order chi connectivity index (χ0) is 25.5.